The summed E-state index contributed by atoms with van der Waals surface area (Å²) in [5.41, 5.74) is 6.49. The smallest absolute Gasteiger partial charge is 0.124 e. The number of piperidine rings is 1. The third-order valence-electron chi connectivity index (χ3n) is 2.91. The summed E-state index contributed by atoms with van der Waals surface area (Å²) in [7, 11) is 0. The van der Waals surface area contributed by atoms with E-state index in [1.54, 1.807) is 17.8 Å². The van der Waals surface area contributed by atoms with Crippen molar-refractivity contribution >= 4 is 17.4 Å². The third kappa shape index (κ3) is 3.12. The minimum atomic E-state index is -0.206. The molecule has 88 valence electrons. The molecule has 0 amide bonds. The van der Waals surface area contributed by atoms with Gasteiger partial charge in [0.1, 0.15) is 5.82 Å². The molecule has 1 heterocycles. The van der Waals surface area contributed by atoms with Gasteiger partial charge in [-0.1, -0.05) is 0 Å². The normalized spacial score (nSPS) is 17.6. The van der Waals surface area contributed by atoms with Crippen LogP contribution < -0.4 is 11.1 Å². The average Bonchev–Trinajstić information content (AvgIpc) is 2.32. The number of anilines is 1. The highest BCUT2D eigenvalue weighted by Crippen LogP contribution is 2.29. The molecule has 16 heavy (non-hydrogen) atoms. The molecule has 0 aliphatic carbocycles. The van der Waals surface area contributed by atoms with Crippen LogP contribution in [0.4, 0.5) is 10.1 Å². The van der Waals surface area contributed by atoms with Gasteiger partial charge in [-0.15, -0.1) is 11.8 Å². The van der Waals surface area contributed by atoms with Crippen molar-refractivity contribution in [2.75, 3.05) is 24.6 Å². The van der Waals surface area contributed by atoms with Crippen LogP contribution >= 0.6 is 11.8 Å². The highest BCUT2D eigenvalue weighted by molar-refractivity contribution is 7.99. The molecule has 1 aliphatic heterocycles. The zero-order chi connectivity index (χ0) is 11.4. The van der Waals surface area contributed by atoms with E-state index in [-0.39, 0.29) is 5.82 Å². The number of nitrogens with two attached hydrogens (primary N) is 1. The first kappa shape index (κ1) is 11.7. The van der Waals surface area contributed by atoms with Crippen molar-refractivity contribution in [1.29, 1.82) is 0 Å². The van der Waals surface area contributed by atoms with Crippen LogP contribution in [0.25, 0.3) is 0 Å². The Morgan fingerprint density at radius 3 is 2.88 bits per heavy atom. The van der Waals surface area contributed by atoms with Gasteiger partial charge in [-0.05, 0) is 50.0 Å². The van der Waals surface area contributed by atoms with Crippen molar-refractivity contribution in [2.45, 2.75) is 17.7 Å². The first-order valence-electron chi connectivity index (χ1n) is 5.64. The van der Waals surface area contributed by atoms with Gasteiger partial charge in [0, 0.05) is 16.3 Å². The van der Waals surface area contributed by atoms with Crippen LogP contribution in [0.15, 0.2) is 23.1 Å². The number of nitrogens with one attached hydrogen (secondary N) is 1. The van der Waals surface area contributed by atoms with Gasteiger partial charge in [0.15, 0.2) is 0 Å². The van der Waals surface area contributed by atoms with Gasteiger partial charge in [0.05, 0.1) is 0 Å². The third-order valence-corrected chi connectivity index (χ3v) is 4.21. The highest BCUT2D eigenvalue weighted by Gasteiger charge is 2.13. The topological polar surface area (TPSA) is 38.0 Å². The Labute approximate surface area is 99.8 Å². The predicted octanol–water partition coefficient (Wildman–Crippen LogP) is 2.50. The van der Waals surface area contributed by atoms with Crippen LogP contribution in [-0.4, -0.2) is 18.8 Å². The molecule has 1 saturated heterocycles. The van der Waals surface area contributed by atoms with Gasteiger partial charge in [-0.3, -0.25) is 0 Å². The molecule has 2 nitrogen and oxygen atoms in total. The summed E-state index contributed by atoms with van der Waals surface area (Å²) in [6.45, 7) is 2.20. The van der Waals surface area contributed by atoms with Gasteiger partial charge >= 0.3 is 0 Å². The van der Waals surface area contributed by atoms with Gasteiger partial charge in [0.25, 0.3) is 0 Å². The molecule has 0 spiro atoms. The molecule has 0 aromatic heterocycles. The maximum Gasteiger partial charge on any atom is 0.124 e. The van der Waals surface area contributed by atoms with E-state index in [0.717, 1.165) is 29.7 Å². The minimum Gasteiger partial charge on any atom is -0.398 e. The Kier molecular flexibility index (Phi) is 4.07. The molecule has 2 rings (SSSR count). The molecule has 0 saturated carbocycles. The second kappa shape index (κ2) is 5.55. The van der Waals surface area contributed by atoms with Crippen LogP contribution in [0.2, 0.25) is 0 Å². The molecule has 3 N–H and O–H groups in total. The van der Waals surface area contributed by atoms with E-state index < -0.39 is 0 Å². The van der Waals surface area contributed by atoms with Gasteiger partial charge in [0.2, 0.25) is 0 Å². The monoisotopic (exact) mass is 240 g/mol. The maximum absolute atomic E-state index is 13.0. The molecule has 0 atom stereocenters. The second-order valence-corrected chi connectivity index (χ2v) is 5.25. The average molecular weight is 240 g/mol. The lowest BCUT2D eigenvalue weighted by atomic mass is 10.0. The van der Waals surface area contributed by atoms with E-state index in [1.807, 2.05) is 0 Å². The van der Waals surface area contributed by atoms with Crippen molar-refractivity contribution in [3.8, 4) is 0 Å². The standard InChI is InChI=1S/C12H17FN2S/c13-10-1-2-11(14)12(7-10)16-8-9-3-5-15-6-4-9/h1-2,7,9,15H,3-6,8,14H2. The van der Waals surface area contributed by atoms with Crippen LogP contribution in [0, 0.1) is 11.7 Å². The summed E-state index contributed by atoms with van der Waals surface area (Å²) < 4.78 is 13.0. The van der Waals surface area contributed by atoms with Crippen molar-refractivity contribution < 1.29 is 4.39 Å². The van der Waals surface area contributed by atoms with E-state index in [2.05, 4.69) is 5.32 Å². The number of hydrogen-bond acceptors (Lipinski definition) is 3. The lowest BCUT2D eigenvalue weighted by Crippen LogP contribution is -2.28. The number of thioether (sulfide) groups is 1. The molecule has 1 aromatic rings. The number of halogens is 1. The molecule has 1 fully saturated rings. The maximum atomic E-state index is 13.0. The number of hydrogen-bond donors (Lipinski definition) is 2. The zero-order valence-corrected chi connectivity index (χ0v) is 10.0. The molecular formula is C12H17FN2S. The first-order chi connectivity index (χ1) is 7.75. The van der Waals surface area contributed by atoms with E-state index in [9.17, 15) is 4.39 Å². The van der Waals surface area contributed by atoms with Crippen LogP contribution in [-0.2, 0) is 0 Å². The predicted molar refractivity (Wildman–Crippen MR) is 67.1 cm³/mol. The Bertz CT molecular complexity index is 351. The lowest BCUT2D eigenvalue weighted by molar-refractivity contribution is 0.408. The van der Waals surface area contributed by atoms with Gasteiger partial charge in [-0.2, -0.15) is 0 Å². The Balaban J connectivity index is 1.90. The van der Waals surface area contributed by atoms with Crippen molar-refractivity contribution in [3.05, 3.63) is 24.0 Å². The molecular weight excluding hydrogens is 223 g/mol. The zero-order valence-electron chi connectivity index (χ0n) is 9.21. The number of benzene rings is 1. The summed E-state index contributed by atoms with van der Waals surface area (Å²) in [6, 6.07) is 4.57. The largest absolute Gasteiger partial charge is 0.398 e. The van der Waals surface area contributed by atoms with Crippen LogP contribution in [0.5, 0.6) is 0 Å². The molecule has 4 heteroatoms. The summed E-state index contributed by atoms with van der Waals surface area (Å²) in [4.78, 5) is 0.874. The number of rotatable bonds is 3. The lowest BCUT2D eigenvalue weighted by Gasteiger charge is -2.22. The highest BCUT2D eigenvalue weighted by atomic mass is 32.2. The Morgan fingerprint density at radius 2 is 2.12 bits per heavy atom. The molecule has 1 aromatic carbocycles. The summed E-state index contributed by atoms with van der Waals surface area (Å²) >= 11 is 1.67. The molecule has 0 unspecified atom stereocenters. The number of nitrogen functional groups attached to an aromatic ring is 1. The van der Waals surface area contributed by atoms with Gasteiger partial charge in [-0.25, -0.2) is 4.39 Å². The first-order valence-corrected chi connectivity index (χ1v) is 6.63. The van der Waals surface area contributed by atoms with Crippen LogP contribution in [0.3, 0.4) is 0 Å². The van der Waals surface area contributed by atoms with Crippen molar-refractivity contribution in [1.82, 2.24) is 5.32 Å². The molecule has 1 aliphatic rings. The van der Waals surface area contributed by atoms with Crippen molar-refractivity contribution in [2.24, 2.45) is 5.92 Å². The van der Waals surface area contributed by atoms with Gasteiger partial charge < -0.3 is 11.1 Å². The van der Waals surface area contributed by atoms with E-state index >= 15 is 0 Å². The molecule has 0 bridgehead atoms. The van der Waals surface area contributed by atoms with Crippen molar-refractivity contribution in [3.63, 3.8) is 0 Å². The van der Waals surface area contributed by atoms with E-state index in [1.165, 1.54) is 25.0 Å². The SMILES string of the molecule is Nc1ccc(F)cc1SCC1CCNCC1. The van der Waals surface area contributed by atoms with E-state index in [4.69, 9.17) is 5.73 Å². The fraction of sp³-hybridized carbons (Fsp3) is 0.500. The summed E-state index contributed by atoms with van der Waals surface area (Å²) in [6.07, 6.45) is 2.42. The minimum absolute atomic E-state index is 0.206. The molecule has 0 radical (unpaired) electrons. The van der Waals surface area contributed by atoms with Crippen LogP contribution in [0.1, 0.15) is 12.8 Å². The second-order valence-electron chi connectivity index (χ2n) is 4.19. The quantitative estimate of drug-likeness (QED) is 0.630. The Hall–Kier alpha value is -0.740. The fourth-order valence-electron chi connectivity index (χ4n) is 1.89. The summed E-state index contributed by atoms with van der Waals surface area (Å²) in [5, 5.41) is 3.34. The summed E-state index contributed by atoms with van der Waals surface area (Å²) in [5.74, 6) is 1.56. The fourth-order valence-corrected chi connectivity index (χ4v) is 3.07. The van der Waals surface area contributed by atoms with E-state index in [0.29, 0.717) is 5.69 Å². The Morgan fingerprint density at radius 1 is 1.38 bits per heavy atom.